The van der Waals surface area contributed by atoms with Gasteiger partial charge in [-0.15, -0.1) is 0 Å². The van der Waals surface area contributed by atoms with Gasteiger partial charge >= 0.3 is 0 Å². The molecule has 106 valence electrons. The first-order valence-electron chi connectivity index (χ1n) is 6.25. The third kappa shape index (κ3) is 4.20. The Bertz CT molecular complexity index is 434. The van der Waals surface area contributed by atoms with Crippen molar-refractivity contribution in [3.63, 3.8) is 0 Å². The highest BCUT2D eigenvalue weighted by Crippen LogP contribution is 2.28. The van der Waals surface area contributed by atoms with Crippen LogP contribution in [0.15, 0.2) is 24.3 Å². The second kappa shape index (κ2) is 6.89. The van der Waals surface area contributed by atoms with Crippen LogP contribution in [0.25, 0.3) is 0 Å². The van der Waals surface area contributed by atoms with Crippen molar-refractivity contribution in [3.8, 4) is 0 Å². The van der Waals surface area contributed by atoms with Crippen LogP contribution in [0.4, 0.5) is 0 Å². The lowest BCUT2D eigenvalue weighted by Crippen LogP contribution is -2.42. The zero-order chi connectivity index (χ0) is 14.6. The molecule has 0 radical (unpaired) electrons. The molecule has 5 heteroatoms. The Labute approximate surface area is 120 Å². The molecule has 0 aromatic heterocycles. The number of halogens is 1. The lowest BCUT2D eigenvalue weighted by atomic mass is 9.99. The molecule has 0 saturated heterocycles. The first-order valence-corrected chi connectivity index (χ1v) is 6.62. The number of hydrogen-bond donors (Lipinski definition) is 1. The summed E-state index contributed by atoms with van der Waals surface area (Å²) in [4.78, 5) is 15.3. The molecule has 0 saturated carbocycles. The quantitative estimate of drug-likeness (QED) is 0.896. The van der Waals surface area contributed by atoms with Gasteiger partial charge in [0.25, 0.3) is 0 Å². The number of carbonyl (C=O) groups excluding carboxylic acids is 1. The molecule has 19 heavy (non-hydrogen) atoms. The van der Waals surface area contributed by atoms with Gasteiger partial charge in [-0.05, 0) is 25.6 Å². The summed E-state index contributed by atoms with van der Waals surface area (Å²) in [7, 11) is 5.37. The van der Waals surface area contributed by atoms with Crippen molar-refractivity contribution < 1.29 is 4.79 Å². The van der Waals surface area contributed by atoms with E-state index in [1.54, 1.807) is 19.0 Å². The van der Waals surface area contributed by atoms with E-state index in [9.17, 15) is 4.79 Å². The van der Waals surface area contributed by atoms with E-state index < -0.39 is 0 Å². The van der Waals surface area contributed by atoms with E-state index in [0.29, 0.717) is 11.6 Å². The van der Waals surface area contributed by atoms with Crippen LogP contribution in [0.5, 0.6) is 0 Å². The molecule has 0 fully saturated rings. The van der Waals surface area contributed by atoms with Gasteiger partial charge in [0.2, 0.25) is 5.91 Å². The first kappa shape index (κ1) is 16.0. The summed E-state index contributed by atoms with van der Waals surface area (Å²) in [5, 5.41) is 0.675. The van der Waals surface area contributed by atoms with Crippen LogP contribution in [0.1, 0.15) is 18.5 Å². The van der Waals surface area contributed by atoms with Crippen LogP contribution < -0.4 is 5.73 Å². The third-order valence-corrected chi connectivity index (χ3v) is 3.42. The highest BCUT2D eigenvalue weighted by atomic mass is 35.5. The Morgan fingerprint density at radius 3 is 2.37 bits per heavy atom. The molecule has 0 aliphatic rings. The lowest BCUT2D eigenvalue weighted by molar-refractivity contribution is -0.130. The van der Waals surface area contributed by atoms with Gasteiger partial charge in [-0.25, -0.2) is 0 Å². The Morgan fingerprint density at radius 1 is 1.32 bits per heavy atom. The fraction of sp³-hybridized carbons (Fsp3) is 0.500. The Morgan fingerprint density at radius 2 is 1.89 bits per heavy atom. The summed E-state index contributed by atoms with van der Waals surface area (Å²) < 4.78 is 0. The van der Waals surface area contributed by atoms with Crippen LogP contribution in [-0.2, 0) is 4.79 Å². The maximum atomic E-state index is 11.8. The average Bonchev–Trinajstić information content (AvgIpc) is 2.31. The van der Waals surface area contributed by atoms with Crippen molar-refractivity contribution in [2.24, 2.45) is 5.73 Å². The van der Waals surface area contributed by atoms with E-state index in [0.717, 1.165) is 5.56 Å². The second-order valence-electron chi connectivity index (χ2n) is 5.03. The third-order valence-electron chi connectivity index (χ3n) is 3.08. The van der Waals surface area contributed by atoms with Crippen LogP contribution >= 0.6 is 11.6 Å². The molecule has 1 amide bonds. The largest absolute Gasteiger partial charge is 0.348 e. The van der Waals surface area contributed by atoms with Gasteiger partial charge < -0.3 is 10.6 Å². The summed E-state index contributed by atoms with van der Waals surface area (Å²) in [6, 6.07) is 7.39. The predicted octanol–water partition coefficient (Wildman–Crippen LogP) is 1.75. The molecule has 1 aromatic carbocycles. The number of amides is 1. The SMILES string of the molecule is CC(N)C(c1ccccc1Cl)N(C)CC(=O)N(C)C. The number of rotatable bonds is 5. The summed E-state index contributed by atoms with van der Waals surface area (Å²) >= 11 is 6.23. The van der Waals surface area contributed by atoms with Crippen LogP contribution in [-0.4, -0.2) is 49.4 Å². The van der Waals surface area contributed by atoms with Crippen LogP contribution in [0, 0.1) is 0 Å². The van der Waals surface area contributed by atoms with Crippen molar-refractivity contribution >= 4 is 17.5 Å². The monoisotopic (exact) mass is 283 g/mol. The minimum absolute atomic E-state index is 0.0419. The van der Waals surface area contributed by atoms with E-state index in [-0.39, 0.29) is 18.0 Å². The Hall–Kier alpha value is -1.10. The van der Waals surface area contributed by atoms with Gasteiger partial charge in [0.15, 0.2) is 0 Å². The van der Waals surface area contributed by atoms with Gasteiger partial charge in [-0.1, -0.05) is 29.8 Å². The zero-order valence-electron chi connectivity index (χ0n) is 11.9. The normalized spacial score (nSPS) is 14.3. The number of carbonyl (C=O) groups is 1. The van der Waals surface area contributed by atoms with Crippen LogP contribution in [0.2, 0.25) is 5.02 Å². The van der Waals surface area contributed by atoms with Gasteiger partial charge in [0.05, 0.1) is 12.6 Å². The molecule has 2 unspecified atom stereocenters. The number of nitrogens with two attached hydrogens (primary N) is 1. The van der Waals surface area contributed by atoms with Gasteiger partial charge in [-0.2, -0.15) is 0 Å². The van der Waals surface area contributed by atoms with Crippen molar-refractivity contribution in [1.29, 1.82) is 0 Å². The molecule has 0 spiro atoms. The minimum Gasteiger partial charge on any atom is -0.348 e. The first-order chi connectivity index (χ1) is 8.84. The highest BCUT2D eigenvalue weighted by Gasteiger charge is 2.25. The summed E-state index contributed by atoms with van der Waals surface area (Å²) in [6.07, 6.45) is 0. The van der Waals surface area contributed by atoms with E-state index in [1.165, 1.54) is 0 Å². The van der Waals surface area contributed by atoms with E-state index in [4.69, 9.17) is 17.3 Å². The summed E-state index contributed by atoms with van der Waals surface area (Å²) in [5.41, 5.74) is 7.02. The molecular formula is C14H22ClN3O. The maximum absolute atomic E-state index is 11.8. The molecule has 0 aliphatic heterocycles. The minimum atomic E-state index is -0.125. The topological polar surface area (TPSA) is 49.6 Å². The van der Waals surface area contributed by atoms with Gasteiger partial charge in [-0.3, -0.25) is 9.69 Å². The fourth-order valence-corrected chi connectivity index (χ4v) is 2.34. The van der Waals surface area contributed by atoms with Gasteiger partial charge in [0, 0.05) is 25.2 Å². The maximum Gasteiger partial charge on any atom is 0.236 e. The average molecular weight is 284 g/mol. The van der Waals surface area contributed by atoms with Crippen molar-refractivity contribution in [1.82, 2.24) is 9.80 Å². The fourth-order valence-electron chi connectivity index (χ4n) is 2.09. The molecule has 1 rings (SSSR count). The Kier molecular flexibility index (Phi) is 5.79. The molecule has 0 aliphatic carbocycles. The van der Waals surface area contributed by atoms with E-state index in [1.807, 2.05) is 43.1 Å². The van der Waals surface area contributed by atoms with Crippen molar-refractivity contribution in [3.05, 3.63) is 34.9 Å². The molecule has 2 atom stereocenters. The van der Waals surface area contributed by atoms with Crippen molar-refractivity contribution in [2.45, 2.75) is 19.0 Å². The standard InChI is InChI=1S/C14H22ClN3O/c1-10(16)14(11-7-5-6-8-12(11)15)18(4)9-13(19)17(2)3/h5-8,10,14H,9,16H2,1-4H3. The lowest BCUT2D eigenvalue weighted by Gasteiger charge is -2.32. The number of nitrogens with zero attached hydrogens (tertiary/aromatic N) is 2. The van der Waals surface area contributed by atoms with E-state index in [2.05, 4.69) is 0 Å². The number of likely N-dealkylation sites (N-methyl/N-ethyl adjacent to an activating group) is 2. The predicted molar refractivity (Wildman–Crippen MR) is 79.2 cm³/mol. The van der Waals surface area contributed by atoms with Crippen LogP contribution in [0.3, 0.4) is 0 Å². The number of hydrogen-bond acceptors (Lipinski definition) is 3. The molecule has 1 aromatic rings. The highest BCUT2D eigenvalue weighted by molar-refractivity contribution is 6.31. The molecule has 4 nitrogen and oxygen atoms in total. The molecule has 0 heterocycles. The molecular weight excluding hydrogens is 262 g/mol. The Balaban J connectivity index is 2.96. The molecule has 2 N–H and O–H groups in total. The van der Waals surface area contributed by atoms with E-state index >= 15 is 0 Å². The zero-order valence-corrected chi connectivity index (χ0v) is 12.7. The number of benzene rings is 1. The summed E-state index contributed by atoms with van der Waals surface area (Å²) in [5.74, 6) is 0.0419. The van der Waals surface area contributed by atoms with Crippen molar-refractivity contribution in [2.75, 3.05) is 27.7 Å². The smallest absolute Gasteiger partial charge is 0.236 e. The second-order valence-corrected chi connectivity index (χ2v) is 5.44. The van der Waals surface area contributed by atoms with Gasteiger partial charge in [0.1, 0.15) is 0 Å². The molecule has 0 bridgehead atoms. The summed E-state index contributed by atoms with van der Waals surface area (Å²) in [6.45, 7) is 2.23.